The summed E-state index contributed by atoms with van der Waals surface area (Å²) in [5.41, 5.74) is 4.88. The van der Waals surface area contributed by atoms with Crippen LogP contribution in [-0.2, 0) is 16.4 Å². The van der Waals surface area contributed by atoms with Crippen LogP contribution in [-0.4, -0.2) is 14.3 Å². The monoisotopic (exact) mass is 434 g/mol. The first-order valence-electron chi connectivity index (χ1n) is 10.4. The van der Waals surface area contributed by atoms with Gasteiger partial charge in [0.2, 0.25) is 0 Å². The Bertz CT molecular complexity index is 1220. The zero-order chi connectivity index (χ0) is 22.0. The van der Waals surface area contributed by atoms with Crippen molar-refractivity contribution in [2.45, 2.75) is 44.0 Å². The predicted molar refractivity (Wildman–Crippen MR) is 123 cm³/mol. The Kier molecular flexibility index (Phi) is 5.83. The average Bonchev–Trinajstić information content (AvgIpc) is 2.75. The van der Waals surface area contributed by atoms with Gasteiger partial charge in [-0.3, -0.25) is 9.52 Å². The van der Waals surface area contributed by atoms with E-state index in [0.717, 1.165) is 30.4 Å². The molecule has 1 atom stereocenters. The van der Waals surface area contributed by atoms with Gasteiger partial charge in [-0.25, -0.2) is 8.42 Å². The van der Waals surface area contributed by atoms with Crippen molar-refractivity contribution in [3.05, 3.63) is 94.5 Å². The molecular formula is C25H26N2O3S. The molecule has 0 heterocycles. The number of carbonyl (C=O) groups is 1. The highest BCUT2D eigenvalue weighted by Crippen LogP contribution is 2.30. The summed E-state index contributed by atoms with van der Waals surface area (Å²) < 4.78 is 28.2. The number of amides is 1. The molecule has 1 aliphatic rings. The summed E-state index contributed by atoms with van der Waals surface area (Å²) in [4.78, 5) is 13.3. The third kappa shape index (κ3) is 4.49. The maximum atomic E-state index is 13.1. The highest BCUT2D eigenvalue weighted by Gasteiger charge is 2.23. The highest BCUT2D eigenvalue weighted by molar-refractivity contribution is 7.92. The number of benzene rings is 3. The number of nitrogens with one attached hydrogen (secondary N) is 2. The number of carbonyl (C=O) groups excluding carboxylic acids is 1. The summed E-state index contributed by atoms with van der Waals surface area (Å²) in [6, 6.07) is 19.9. The van der Waals surface area contributed by atoms with E-state index in [1.807, 2.05) is 19.1 Å². The van der Waals surface area contributed by atoms with Gasteiger partial charge in [-0.1, -0.05) is 48.0 Å². The quantitative estimate of drug-likeness (QED) is 0.599. The molecule has 0 fully saturated rings. The lowest BCUT2D eigenvalue weighted by molar-refractivity contribution is 0.0932. The molecule has 5 nitrogen and oxygen atoms in total. The van der Waals surface area contributed by atoms with Crippen LogP contribution in [0, 0.1) is 13.8 Å². The molecule has 1 unspecified atom stereocenters. The molecule has 3 aromatic rings. The molecule has 1 aliphatic carbocycles. The molecule has 6 heteroatoms. The van der Waals surface area contributed by atoms with Crippen molar-refractivity contribution in [2.75, 3.05) is 4.72 Å². The fourth-order valence-electron chi connectivity index (χ4n) is 4.05. The van der Waals surface area contributed by atoms with Gasteiger partial charge in [0.15, 0.2) is 0 Å². The molecule has 0 radical (unpaired) electrons. The minimum Gasteiger partial charge on any atom is -0.345 e. The summed E-state index contributed by atoms with van der Waals surface area (Å²) in [5, 5.41) is 3.14. The third-order valence-corrected chi connectivity index (χ3v) is 7.21. The molecule has 0 spiro atoms. The fourth-order valence-corrected chi connectivity index (χ4v) is 5.18. The van der Waals surface area contributed by atoms with Gasteiger partial charge in [0.05, 0.1) is 16.6 Å². The van der Waals surface area contributed by atoms with Crippen LogP contribution in [0.5, 0.6) is 0 Å². The maximum absolute atomic E-state index is 13.1. The van der Waals surface area contributed by atoms with Gasteiger partial charge in [-0.05, 0) is 74.1 Å². The second-order valence-corrected chi connectivity index (χ2v) is 9.70. The van der Waals surface area contributed by atoms with Crippen molar-refractivity contribution < 1.29 is 13.2 Å². The van der Waals surface area contributed by atoms with Crippen molar-refractivity contribution in [3.8, 4) is 0 Å². The van der Waals surface area contributed by atoms with Gasteiger partial charge >= 0.3 is 0 Å². The first kappa shape index (κ1) is 21.1. The SMILES string of the molecule is Cc1ccc(S(=O)(=O)Nc2cccc(C(=O)NC3CCCc4ccccc43)c2C)cc1. The fraction of sp³-hybridized carbons (Fsp3) is 0.240. The van der Waals surface area contributed by atoms with Crippen LogP contribution in [0.1, 0.15) is 51.5 Å². The molecule has 4 rings (SSSR count). The van der Waals surface area contributed by atoms with Crippen LogP contribution in [0.15, 0.2) is 71.6 Å². The van der Waals surface area contributed by atoms with Crippen LogP contribution in [0.4, 0.5) is 5.69 Å². The Labute approximate surface area is 183 Å². The lowest BCUT2D eigenvalue weighted by Crippen LogP contribution is -2.31. The Morgan fingerprint density at radius 2 is 1.68 bits per heavy atom. The number of hydrogen-bond acceptors (Lipinski definition) is 3. The Morgan fingerprint density at radius 3 is 2.45 bits per heavy atom. The highest BCUT2D eigenvalue weighted by atomic mass is 32.2. The number of rotatable bonds is 5. The van der Waals surface area contributed by atoms with Crippen LogP contribution < -0.4 is 10.0 Å². The summed E-state index contributed by atoms with van der Waals surface area (Å²) in [7, 11) is -3.74. The smallest absolute Gasteiger partial charge is 0.261 e. The Hall–Kier alpha value is -3.12. The summed E-state index contributed by atoms with van der Waals surface area (Å²) >= 11 is 0. The van der Waals surface area contributed by atoms with Gasteiger partial charge in [-0.2, -0.15) is 0 Å². The molecule has 0 saturated heterocycles. The minimum absolute atomic E-state index is 0.0373. The first-order chi connectivity index (χ1) is 14.8. The van der Waals surface area contributed by atoms with E-state index in [-0.39, 0.29) is 16.8 Å². The van der Waals surface area contributed by atoms with E-state index in [9.17, 15) is 13.2 Å². The Balaban J connectivity index is 1.56. The second-order valence-electron chi connectivity index (χ2n) is 8.01. The largest absolute Gasteiger partial charge is 0.345 e. The third-order valence-electron chi connectivity index (χ3n) is 5.83. The van der Waals surface area contributed by atoms with Crippen molar-refractivity contribution in [2.24, 2.45) is 0 Å². The molecule has 0 bridgehead atoms. The molecular weight excluding hydrogens is 408 g/mol. The van der Waals surface area contributed by atoms with Crippen molar-refractivity contribution in [3.63, 3.8) is 0 Å². The maximum Gasteiger partial charge on any atom is 0.261 e. The van der Waals surface area contributed by atoms with Gasteiger partial charge in [-0.15, -0.1) is 0 Å². The lowest BCUT2D eigenvalue weighted by Gasteiger charge is -2.26. The lowest BCUT2D eigenvalue weighted by atomic mass is 9.87. The van der Waals surface area contributed by atoms with E-state index in [1.165, 1.54) is 5.56 Å². The molecule has 1 amide bonds. The van der Waals surface area contributed by atoms with E-state index in [4.69, 9.17) is 0 Å². The van der Waals surface area contributed by atoms with Gasteiger partial charge in [0, 0.05) is 5.56 Å². The minimum atomic E-state index is -3.74. The predicted octanol–water partition coefficient (Wildman–Crippen LogP) is 4.91. The number of sulfonamides is 1. The van der Waals surface area contributed by atoms with Crippen LogP contribution in [0.2, 0.25) is 0 Å². The van der Waals surface area contributed by atoms with Gasteiger partial charge in [0.25, 0.3) is 15.9 Å². The molecule has 2 N–H and O–H groups in total. The summed E-state index contributed by atoms with van der Waals surface area (Å²) in [6.45, 7) is 3.66. The standard InChI is InChI=1S/C25H26N2O3S/c1-17-13-15-20(16-14-17)31(29,30)27-23-11-6-10-21(18(23)2)25(28)26-24-12-5-8-19-7-3-4-9-22(19)24/h3-4,6-7,9-11,13-16,24,27H,5,8,12H2,1-2H3,(H,26,28). The summed E-state index contributed by atoms with van der Waals surface area (Å²) in [5.74, 6) is -0.199. The van der Waals surface area contributed by atoms with E-state index in [2.05, 4.69) is 22.2 Å². The zero-order valence-electron chi connectivity index (χ0n) is 17.7. The number of aryl methyl sites for hydroxylation is 2. The number of anilines is 1. The topological polar surface area (TPSA) is 75.3 Å². The second kappa shape index (κ2) is 8.55. The van der Waals surface area contributed by atoms with E-state index in [1.54, 1.807) is 49.4 Å². The molecule has 31 heavy (non-hydrogen) atoms. The van der Waals surface area contributed by atoms with Crippen LogP contribution in [0.25, 0.3) is 0 Å². The molecule has 0 aromatic heterocycles. The molecule has 3 aromatic carbocycles. The van der Waals surface area contributed by atoms with E-state index < -0.39 is 10.0 Å². The van der Waals surface area contributed by atoms with Gasteiger partial charge < -0.3 is 5.32 Å². The van der Waals surface area contributed by atoms with Gasteiger partial charge in [0.1, 0.15) is 0 Å². The molecule has 160 valence electrons. The molecule has 0 saturated carbocycles. The number of fused-ring (bicyclic) bond motifs is 1. The zero-order valence-corrected chi connectivity index (χ0v) is 18.5. The van der Waals surface area contributed by atoms with E-state index in [0.29, 0.717) is 16.8 Å². The Morgan fingerprint density at radius 1 is 0.935 bits per heavy atom. The van der Waals surface area contributed by atoms with Crippen molar-refractivity contribution in [1.29, 1.82) is 0 Å². The normalized spacial score (nSPS) is 15.7. The average molecular weight is 435 g/mol. The summed E-state index contributed by atoms with van der Waals surface area (Å²) in [6.07, 6.45) is 2.94. The number of hydrogen-bond donors (Lipinski definition) is 2. The van der Waals surface area contributed by atoms with Crippen LogP contribution >= 0.6 is 0 Å². The van der Waals surface area contributed by atoms with Crippen molar-refractivity contribution in [1.82, 2.24) is 5.32 Å². The van der Waals surface area contributed by atoms with Crippen molar-refractivity contribution >= 4 is 21.6 Å². The van der Waals surface area contributed by atoms with Crippen LogP contribution in [0.3, 0.4) is 0 Å². The van der Waals surface area contributed by atoms with E-state index >= 15 is 0 Å². The molecule has 0 aliphatic heterocycles. The first-order valence-corrected chi connectivity index (χ1v) is 11.9.